The number of hydrogen-bond donors (Lipinski definition) is 4. The molecule has 1 unspecified atom stereocenters. The van der Waals surface area contributed by atoms with Crippen molar-refractivity contribution in [3.63, 3.8) is 0 Å². The van der Waals surface area contributed by atoms with Gasteiger partial charge in [-0.25, -0.2) is 9.98 Å². The van der Waals surface area contributed by atoms with Gasteiger partial charge in [0.2, 0.25) is 12.1 Å². The van der Waals surface area contributed by atoms with Gasteiger partial charge in [-0.3, -0.25) is 10.2 Å². The van der Waals surface area contributed by atoms with Crippen LogP contribution in [0.15, 0.2) is 89.1 Å². The van der Waals surface area contributed by atoms with Gasteiger partial charge < -0.3 is 20.8 Å². The quantitative estimate of drug-likeness (QED) is 0.289. The molecular weight excluding hydrogens is 418 g/mol. The van der Waals surface area contributed by atoms with E-state index in [-0.39, 0.29) is 11.9 Å². The molecule has 5 N–H and O–H groups in total. The van der Waals surface area contributed by atoms with Crippen molar-refractivity contribution in [3.8, 4) is 0 Å². The van der Waals surface area contributed by atoms with Crippen molar-refractivity contribution in [2.24, 2.45) is 15.7 Å². The van der Waals surface area contributed by atoms with Crippen LogP contribution in [-0.4, -0.2) is 39.7 Å². The van der Waals surface area contributed by atoms with Gasteiger partial charge in [0.15, 0.2) is 0 Å². The highest BCUT2D eigenvalue weighted by molar-refractivity contribution is 6.19. The number of aromatic nitrogens is 2. The SMILES string of the molecule is N=C(OC(N)=NC1N=C(c2ccccc2)c2ccccc2NC1=O)c1ccc2nc[nH]c2c1. The lowest BCUT2D eigenvalue weighted by Gasteiger charge is -2.10. The first kappa shape index (κ1) is 20.1. The van der Waals surface area contributed by atoms with E-state index in [0.29, 0.717) is 17.0 Å². The van der Waals surface area contributed by atoms with Crippen molar-refractivity contribution in [1.82, 2.24) is 9.97 Å². The van der Waals surface area contributed by atoms with Crippen LogP contribution in [-0.2, 0) is 9.53 Å². The number of amidine groups is 1. The molecule has 1 aliphatic rings. The fourth-order valence-electron chi connectivity index (χ4n) is 3.55. The molecule has 0 radical (unpaired) electrons. The Morgan fingerprint density at radius 1 is 1.06 bits per heavy atom. The first-order valence-electron chi connectivity index (χ1n) is 10.1. The highest BCUT2D eigenvalue weighted by atomic mass is 16.5. The molecule has 1 aromatic heterocycles. The third-order valence-electron chi connectivity index (χ3n) is 5.11. The van der Waals surface area contributed by atoms with Crippen LogP contribution in [0.2, 0.25) is 0 Å². The standard InChI is InChI=1S/C24H19N7O2/c25-21(15-10-11-18-19(12-15)28-13-27-18)33-24(26)31-22-23(32)29-17-9-5-4-8-16(17)20(30-22)14-6-2-1-3-7-14/h1-13,22,25H,(H2,26,31)(H,27,28)(H,29,32). The predicted octanol–water partition coefficient (Wildman–Crippen LogP) is 3.04. The van der Waals surface area contributed by atoms with Gasteiger partial charge in [0.25, 0.3) is 11.9 Å². The maximum atomic E-state index is 12.9. The van der Waals surface area contributed by atoms with E-state index in [0.717, 1.165) is 22.2 Å². The van der Waals surface area contributed by atoms with Gasteiger partial charge in [0.1, 0.15) is 0 Å². The number of amides is 1. The second-order valence-corrected chi connectivity index (χ2v) is 7.29. The number of hydrogen-bond acceptors (Lipinski definition) is 6. The molecule has 5 rings (SSSR count). The van der Waals surface area contributed by atoms with Gasteiger partial charge in [-0.1, -0.05) is 48.5 Å². The molecule has 0 saturated heterocycles. The third kappa shape index (κ3) is 4.07. The van der Waals surface area contributed by atoms with E-state index in [1.54, 1.807) is 30.6 Å². The number of fused-ring (bicyclic) bond motifs is 2. The monoisotopic (exact) mass is 437 g/mol. The molecule has 1 aliphatic heterocycles. The van der Waals surface area contributed by atoms with E-state index in [4.69, 9.17) is 15.9 Å². The number of aromatic amines is 1. The molecular formula is C24H19N7O2. The summed E-state index contributed by atoms with van der Waals surface area (Å²) in [7, 11) is 0. The second-order valence-electron chi connectivity index (χ2n) is 7.29. The molecule has 162 valence electrons. The number of ether oxygens (including phenoxy) is 1. The zero-order chi connectivity index (χ0) is 22.8. The molecule has 2 heterocycles. The molecule has 0 spiro atoms. The summed E-state index contributed by atoms with van der Waals surface area (Å²) < 4.78 is 5.40. The average Bonchev–Trinajstić information content (AvgIpc) is 3.25. The molecule has 9 heteroatoms. The Labute approximate surface area is 188 Å². The lowest BCUT2D eigenvalue weighted by Crippen LogP contribution is -2.29. The summed E-state index contributed by atoms with van der Waals surface area (Å²) >= 11 is 0. The van der Waals surface area contributed by atoms with Gasteiger partial charge >= 0.3 is 0 Å². The summed E-state index contributed by atoms with van der Waals surface area (Å²) in [6.45, 7) is 0. The topological polar surface area (TPSA) is 142 Å². The molecule has 9 nitrogen and oxygen atoms in total. The van der Waals surface area contributed by atoms with Gasteiger partial charge in [-0.2, -0.15) is 4.99 Å². The second kappa shape index (κ2) is 8.39. The third-order valence-corrected chi connectivity index (χ3v) is 5.11. The zero-order valence-corrected chi connectivity index (χ0v) is 17.3. The van der Waals surface area contributed by atoms with Crippen molar-refractivity contribution < 1.29 is 9.53 Å². The molecule has 0 bridgehead atoms. The molecule has 0 saturated carbocycles. The van der Waals surface area contributed by atoms with Gasteiger partial charge in [-0.15, -0.1) is 0 Å². The lowest BCUT2D eigenvalue weighted by molar-refractivity contribution is -0.117. The predicted molar refractivity (Wildman–Crippen MR) is 127 cm³/mol. The minimum Gasteiger partial charge on any atom is -0.407 e. The summed E-state index contributed by atoms with van der Waals surface area (Å²) in [6, 6.07) is 21.8. The number of aliphatic imine (C=N–C) groups is 2. The molecule has 0 fully saturated rings. The maximum absolute atomic E-state index is 12.9. The average molecular weight is 437 g/mol. The van der Waals surface area contributed by atoms with Crippen LogP contribution in [0.3, 0.4) is 0 Å². The largest absolute Gasteiger partial charge is 0.407 e. The van der Waals surface area contributed by atoms with E-state index >= 15 is 0 Å². The summed E-state index contributed by atoms with van der Waals surface area (Å²) in [4.78, 5) is 28.8. The van der Waals surface area contributed by atoms with E-state index in [1.165, 1.54) is 0 Å². The van der Waals surface area contributed by atoms with E-state index in [9.17, 15) is 4.79 Å². The van der Waals surface area contributed by atoms with Crippen molar-refractivity contribution in [1.29, 1.82) is 5.41 Å². The highest BCUT2D eigenvalue weighted by Gasteiger charge is 2.26. The molecule has 33 heavy (non-hydrogen) atoms. The normalized spacial score (nSPS) is 15.9. The first-order chi connectivity index (χ1) is 16.1. The summed E-state index contributed by atoms with van der Waals surface area (Å²) in [5, 5.41) is 11.1. The Morgan fingerprint density at radius 3 is 2.70 bits per heavy atom. The van der Waals surface area contributed by atoms with Gasteiger partial charge in [0, 0.05) is 16.7 Å². The minimum absolute atomic E-state index is 0.211. The summed E-state index contributed by atoms with van der Waals surface area (Å²) in [6.07, 6.45) is 0.384. The van der Waals surface area contributed by atoms with Crippen molar-refractivity contribution >= 4 is 40.3 Å². The number of carbonyl (C=O) groups excluding carboxylic acids is 1. The number of nitrogens with two attached hydrogens (primary N) is 1. The molecule has 0 aliphatic carbocycles. The molecule has 1 atom stereocenters. The van der Waals surface area contributed by atoms with Crippen molar-refractivity contribution in [3.05, 3.63) is 95.8 Å². The fraction of sp³-hybridized carbons (Fsp3) is 0.0417. The number of anilines is 1. The van der Waals surface area contributed by atoms with Crippen LogP contribution in [0.4, 0.5) is 5.69 Å². The van der Waals surface area contributed by atoms with Crippen molar-refractivity contribution in [2.75, 3.05) is 5.32 Å². The number of H-pyrrole nitrogens is 1. The molecule has 1 amide bonds. The number of nitrogens with zero attached hydrogens (tertiary/aromatic N) is 3. The Kier molecular flexibility index (Phi) is 5.12. The van der Waals surface area contributed by atoms with Crippen LogP contribution in [0.25, 0.3) is 11.0 Å². The Hall–Kier alpha value is -4.79. The zero-order valence-electron chi connectivity index (χ0n) is 17.3. The van der Waals surface area contributed by atoms with Crippen LogP contribution < -0.4 is 11.1 Å². The number of benzene rings is 3. The van der Waals surface area contributed by atoms with E-state index < -0.39 is 12.1 Å². The van der Waals surface area contributed by atoms with Crippen LogP contribution in [0.1, 0.15) is 16.7 Å². The number of para-hydroxylation sites is 1. The first-order valence-corrected chi connectivity index (χ1v) is 10.1. The smallest absolute Gasteiger partial charge is 0.291 e. The number of nitrogens with one attached hydrogen (secondary N) is 3. The number of imidazole rings is 1. The van der Waals surface area contributed by atoms with E-state index in [1.807, 2.05) is 48.5 Å². The number of rotatable bonds is 3. The molecule has 4 aromatic rings. The summed E-state index contributed by atoms with van der Waals surface area (Å²) in [5.74, 6) is -0.664. The summed E-state index contributed by atoms with van der Waals surface area (Å²) in [5.41, 5.74) is 10.8. The van der Waals surface area contributed by atoms with Gasteiger partial charge in [-0.05, 0) is 24.3 Å². The minimum atomic E-state index is -1.18. The number of carbonyl (C=O) groups is 1. The molecule has 3 aromatic carbocycles. The highest BCUT2D eigenvalue weighted by Crippen LogP contribution is 2.24. The van der Waals surface area contributed by atoms with Gasteiger partial charge in [0.05, 0.1) is 28.8 Å². The lowest BCUT2D eigenvalue weighted by atomic mass is 10.0. The Balaban J connectivity index is 1.46. The maximum Gasteiger partial charge on any atom is 0.291 e. The van der Waals surface area contributed by atoms with Crippen molar-refractivity contribution in [2.45, 2.75) is 6.17 Å². The van der Waals surface area contributed by atoms with Crippen LogP contribution >= 0.6 is 0 Å². The van der Waals surface area contributed by atoms with Crippen LogP contribution in [0, 0.1) is 5.41 Å². The Morgan fingerprint density at radius 2 is 1.85 bits per heavy atom. The fourth-order valence-corrected chi connectivity index (χ4v) is 3.55. The number of benzodiazepines with no additional fused rings is 1. The van der Waals surface area contributed by atoms with E-state index in [2.05, 4.69) is 25.3 Å². The van der Waals surface area contributed by atoms with Crippen LogP contribution in [0.5, 0.6) is 0 Å². The Bertz CT molecular complexity index is 1420.